The molecular formula is C24H21F2N5O. The lowest BCUT2D eigenvalue weighted by Gasteiger charge is -2.26. The van der Waals surface area contributed by atoms with Crippen molar-refractivity contribution in [1.82, 2.24) is 19.5 Å². The van der Waals surface area contributed by atoms with Crippen molar-refractivity contribution in [3.63, 3.8) is 0 Å². The first-order valence-electron chi connectivity index (χ1n) is 10.5. The standard InChI is InChI=1S/C24H21F2N5O/c25-18-6-4-16(5-7-18)22(32)21-14-17-15-27-24(29-30-12-2-1-3-13-30)28-23(17)31(21)20-10-8-19(26)9-11-20/h4-11,14-15H,1-3,12-13H2,(H,27,28,29). The number of rotatable bonds is 5. The number of nitrogens with one attached hydrogen (secondary N) is 1. The second-order valence-corrected chi connectivity index (χ2v) is 7.81. The Labute approximate surface area is 183 Å². The molecule has 8 heteroatoms. The van der Waals surface area contributed by atoms with Gasteiger partial charge >= 0.3 is 0 Å². The lowest BCUT2D eigenvalue weighted by Crippen LogP contribution is -2.35. The first-order valence-corrected chi connectivity index (χ1v) is 10.5. The third kappa shape index (κ3) is 3.97. The Morgan fingerprint density at radius 3 is 2.25 bits per heavy atom. The SMILES string of the molecule is O=C(c1ccc(F)cc1)c1cc2cnc(NN3CCCCC3)nc2n1-c1ccc(F)cc1. The van der Waals surface area contributed by atoms with Crippen LogP contribution in [0, 0.1) is 11.6 Å². The maximum absolute atomic E-state index is 13.6. The van der Waals surface area contributed by atoms with Crippen LogP contribution in [0.2, 0.25) is 0 Å². The zero-order valence-electron chi connectivity index (χ0n) is 17.3. The van der Waals surface area contributed by atoms with E-state index in [4.69, 9.17) is 0 Å². The second kappa shape index (κ2) is 8.47. The fourth-order valence-corrected chi connectivity index (χ4v) is 3.96. The highest BCUT2D eigenvalue weighted by atomic mass is 19.1. The minimum atomic E-state index is -0.417. The zero-order chi connectivity index (χ0) is 22.1. The number of hydrogen-bond donors (Lipinski definition) is 1. The molecule has 1 aliphatic heterocycles. The van der Waals surface area contributed by atoms with E-state index < -0.39 is 5.82 Å². The van der Waals surface area contributed by atoms with E-state index >= 15 is 0 Å². The van der Waals surface area contributed by atoms with E-state index in [0.29, 0.717) is 33.9 Å². The molecule has 0 unspecified atom stereocenters. The predicted octanol–water partition coefficient (Wildman–Crippen LogP) is 4.74. The molecule has 6 nitrogen and oxygen atoms in total. The number of piperidine rings is 1. The van der Waals surface area contributed by atoms with Crippen molar-refractivity contribution in [3.05, 3.63) is 83.7 Å². The number of anilines is 1. The predicted molar refractivity (Wildman–Crippen MR) is 118 cm³/mol. The summed E-state index contributed by atoms with van der Waals surface area (Å²) in [4.78, 5) is 22.4. The zero-order valence-corrected chi connectivity index (χ0v) is 17.3. The maximum Gasteiger partial charge on any atom is 0.239 e. The van der Waals surface area contributed by atoms with Crippen molar-refractivity contribution in [3.8, 4) is 5.69 Å². The van der Waals surface area contributed by atoms with Crippen molar-refractivity contribution in [2.24, 2.45) is 0 Å². The van der Waals surface area contributed by atoms with Gasteiger partial charge < -0.3 is 0 Å². The lowest BCUT2D eigenvalue weighted by atomic mass is 10.1. The number of carbonyl (C=O) groups is 1. The number of hydrazine groups is 1. The topological polar surface area (TPSA) is 63.1 Å². The van der Waals surface area contributed by atoms with Crippen LogP contribution in [-0.2, 0) is 0 Å². The molecule has 0 bridgehead atoms. The largest absolute Gasteiger partial charge is 0.290 e. The number of halogens is 2. The van der Waals surface area contributed by atoms with Gasteiger partial charge in [-0.25, -0.2) is 18.8 Å². The fraction of sp³-hybridized carbons (Fsp3) is 0.208. The van der Waals surface area contributed by atoms with Crippen LogP contribution in [0.15, 0.2) is 60.8 Å². The van der Waals surface area contributed by atoms with Crippen LogP contribution in [0.25, 0.3) is 16.7 Å². The molecule has 1 saturated heterocycles. The van der Waals surface area contributed by atoms with Gasteiger partial charge in [-0.3, -0.25) is 14.8 Å². The quantitative estimate of drug-likeness (QED) is 0.461. The van der Waals surface area contributed by atoms with Gasteiger partial charge in [0.1, 0.15) is 11.6 Å². The third-order valence-corrected chi connectivity index (χ3v) is 5.58. The number of ketones is 1. The summed E-state index contributed by atoms with van der Waals surface area (Å²) in [7, 11) is 0. The molecule has 4 aromatic rings. The smallest absolute Gasteiger partial charge is 0.239 e. The Kier molecular flexibility index (Phi) is 5.36. The average Bonchev–Trinajstić information content (AvgIpc) is 3.19. The van der Waals surface area contributed by atoms with Crippen LogP contribution >= 0.6 is 0 Å². The number of aromatic nitrogens is 3. The number of benzene rings is 2. The number of carbonyl (C=O) groups excluding carboxylic acids is 1. The summed E-state index contributed by atoms with van der Waals surface area (Å²) < 4.78 is 28.6. The summed E-state index contributed by atoms with van der Waals surface area (Å²) in [6.45, 7) is 1.82. The van der Waals surface area contributed by atoms with E-state index in [0.717, 1.165) is 25.9 Å². The van der Waals surface area contributed by atoms with Gasteiger partial charge in [-0.1, -0.05) is 6.42 Å². The average molecular weight is 433 g/mol. The van der Waals surface area contributed by atoms with Crippen molar-refractivity contribution in [2.75, 3.05) is 18.5 Å². The van der Waals surface area contributed by atoms with Crippen molar-refractivity contribution >= 4 is 22.8 Å². The van der Waals surface area contributed by atoms with Gasteiger partial charge in [-0.05, 0) is 67.4 Å². The third-order valence-electron chi connectivity index (χ3n) is 5.58. The van der Waals surface area contributed by atoms with Gasteiger partial charge in [0.2, 0.25) is 11.7 Å². The van der Waals surface area contributed by atoms with Gasteiger partial charge in [0, 0.05) is 35.9 Å². The number of fused-ring (bicyclic) bond motifs is 1. The Morgan fingerprint density at radius 2 is 1.56 bits per heavy atom. The highest BCUT2D eigenvalue weighted by molar-refractivity contribution is 6.10. The van der Waals surface area contributed by atoms with Crippen LogP contribution in [0.4, 0.5) is 14.7 Å². The molecule has 3 heterocycles. The molecule has 0 radical (unpaired) electrons. The molecule has 0 amide bonds. The van der Waals surface area contributed by atoms with E-state index in [9.17, 15) is 13.6 Å². The molecule has 1 N–H and O–H groups in total. The Hall–Kier alpha value is -3.65. The van der Waals surface area contributed by atoms with Gasteiger partial charge in [0.05, 0.1) is 5.69 Å². The van der Waals surface area contributed by atoms with Crippen LogP contribution in [0.1, 0.15) is 35.3 Å². The molecule has 0 saturated carbocycles. The lowest BCUT2D eigenvalue weighted by molar-refractivity contribution is 0.103. The van der Waals surface area contributed by atoms with Gasteiger partial charge in [0.15, 0.2) is 5.65 Å². The molecule has 0 atom stereocenters. The van der Waals surface area contributed by atoms with Crippen LogP contribution < -0.4 is 5.43 Å². The first kappa shape index (κ1) is 20.3. The molecule has 1 fully saturated rings. The van der Waals surface area contributed by atoms with E-state index in [2.05, 4.69) is 20.4 Å². The molecular weight excluding hydrogens is 412 g/mol. The summed E-state index contributed by atoms with van der Waals surface area (Å²) in [5.41, 5.74) is 5.05. The van der Waals surface area contributed by atoms with E-state index in [1.54, 1.807) is 29.0 Å². The molecule has 162 valence electrons. The molecule has 2 aromatic heterocycles. The fourth-order valence-electron chi connectivity index (χ4n) is 3.96. The Morgan fingerprint density at radius 1 is 0.906 bits per heavy atom. The number of hydrogen-bond acceptors (Lipinski definition) is 5. The Balaban J connectivity index is 1.62. The molecule has 1 aliphatic rings. The minimum absolute atomic E-state index is 0.294. The monoisotopic (exact) mass is 433 g/mol. The van der Waals surface area contributed by atoms with Gasteiger partial charge in [-0.2, -0.15) is 4.98 Å². The van der Waals surface area contributed by atoms with Crippen LogP contribution in [-0.4, -0.2) is 38.4 Å². The summed E-state index contributed by atoms with van der Waals surface area (Å²) in [5, 5.41) is 2.75. The second-order valence-electron chi connectivity index (χ2n) is 7.81. The van der Waals surface area contributed by atoms with E-state index in [-0.39, 0.29) is 11.6 Å². The highest BCUT2D eigenvalue weighted by Gasteiger charge is 2.21. The molecule has 5 rings (SSSR count). The van der Waals surface area contributed by atoms with Crippen molar-refractivity contribution in [2.45, 2.75) is 19.3 Å². The normalized spacial score (nSPS) is 14.6. The minimum Gasteiger partial charge on any atom is -0.290 e. The molecule has 0 aliphatic carbocycles. The maximum atomic E-state index is 13.6. The summed E-state index contributed by atoms with van der Waals surface area (Å²) in [5.74, 6) is -0.655. The molecule has 32 heavy (non-hydrogen) atoms. The van der Waals surface area contributed by atoms with Crippen molar-refractivity contribution in [1.29, 1.82) is 0 Å². The van der Waals surface area contributed by atoms with Crippen molar-refractivity contribution < 1.29 is 13.6 Å². The van der Waals surface area contributed by atoms with Gasteiger partial charge in [0.25, 0.3) is 0 Å². The van der Waals surface area contributed by atoms with Crippen LogP contribution in [0.5, 0.6) is 0 Å². The Bertz CT molecular complexity index is 1260. The molecule has 2 aromatic carbocycles. The first-order chi connectivity index (χ1) is 15.6. The number of nitrogens with zero attached hydrogens (tertiary/aromatic N) is 4. The van der Waals surface area contributed by atoms with E-state index in [1.165, 1.54) is 42.8 Å². The van der Waals surface area contributed by atoms with Gasteiger partial charge in [-0.15, -0.1) is 0 Å². The summed E-state index contributed by atoms with van der Waals surface area (Å²) >= 11 is 0. The summed E-state index contributed by atoms with van der Waals surface area (Å²) in [6, 6.07) is 12.9. The molecule has 0 spiro atoms. The highest BCUT2D eigenvalue weighted by Crippen LogP contribution is 2.26. The van der Waals surface area contributed by atoms with E-state index in [1.807, 2.05) is 0 Å². The van der Waals surface area contributed by atoms with Crippen LogP contribution in [0.3, 0.4) is 0 Å². The summed E-state index contributed by atoms with van der Waals surface area (Å²) in [6.07, 6.45) is 5.09.